The van der Waals surface area contributed by atoms with Crippen molar-refractivity contribution in [2.75, 3.05) is 78.5 Å². The molecule has 0 aromatic heterocycles. The maximum Gasteiger partial charge on any atom is 0.317 e. The van der Waals surface area contributed by atoms with Crippen LogP contribution in [0, 0.1) is 0 Å². The lowest BCUT2D eigenvalue weighted by atomic mass is 9.97. The highest BCUT2D eigenvalue weighted by Crippen LogP contribution is 2.17. The third-order valence-corrected chi connectivity index (χ3v) is 6.84. The van der Waals surface area contributed by atoms with E-state index in [0.29, 0.717) is 52.4 Å². The Bertz CT molecular complexity index is 683. The molecule has 0 unspecified atom stereocenters. The molecule has 1 aliphatic carbocycles. The smallest absolute Gasteiger partial charge is 0.317 e. The molecule has 2 aliphatic rings. The van der Waals surface area contributed by atoms with Gasteiger partial charge >= 0.3 is 17.9 Å². The third-order valence-electron chi connectivity index (χ3n) is 6.84. The highest BCUT2D eigenvalue weighted by Gasteiger charge is 2.22. The van der Waals surface area contributed by atoms with Crippen molar-refractivity contribution in [3.05, 3.63) is 0 Å². The number of hydrogen-bond acceptors (Lipinski definition) is 8. The molecule has 0 spiro atoms. The van der Waals surface area contributed by atoms with E-state index in [2.05, 4.69) is 5.32 Å². The molecule has 0 radical (unpaired) electrons. The van der Waals surface area contributed by atoms with Gasteiger partial charge in [-0.1, -0.05) is 32.1 Å². The number of aliphatic carboxylic acids is 3. The minimum atomic E-state index is -0.988. The zero-order chi connectivity index (χ0) is 26.3. The summed E-state index contributed by atoms with van der Waals surface area (Å²) < 4.78 is 0. The molecule has 1 saturated heterocycles. The number of carbonyl (C=O) groups is 4. The Kier molecular flexibility index (Phi) is 13.7. The summed E-state index contributed by atoms with van der Waals surface area (Å²) in [6.45, 7) is 2.76. The van der Waals surface area contributed by atoms with Crippen LogP contribution in [0.15, 0.2) is 0 Å². The molecule has 1 aliphatic heterocycles. The Hall–Kier alpha value is -2.28. The molecule has 1 saturated carbocycles. The van der Waals surface area contributed by atoms with Gasteiger partial charge in [0.25, 0.3) is 0 Å². The first kappa shape index (κ1) is 29.9. The van der Waals surface area contributed by atoms with Crippen molar-refractivity contribution in [3.8, 4) is 0 Å². The first-order valence-corrected chi connectivity index (χ1v) is 13.1. The molecule has 0 bridgehead atoms. The minimum absolute atomic E-state index is 0.0603. The molecule has 1 heterocycles. The normalized spacial score (nSPS) is 21.4. The molecular weight excluding hydrogens is 470 g/mol. The van der Waals surface area contributed by atoms with E-state index in [1.807, 2.05) is 4.90 Å². The highest BCUT2D eigenvalue weighted by molar-refractivity contribution is 5.78. The number of hydrogen-bond donors (Lipinski definition) is 4. The van der Waals surface area contributed by atoms with E-state index >= 15 is 0 Å². The van der Waals surface area contributed by atoms with E-state index in [-0.39, 0.29) is 38.1 Å². The number of carboxylic acids is 3. The summed E-state index contributed by atoms with van der Waals surface area (Å²) in [6.07, 6.45) is 7.84. The Morgan fingerprint density at radius 1 is 0.528 bits per heavy atom. The summed E-state index contributed by atoms with van der Waals surface area (Å²) in [7, 11) is 0. The number of nitrogens with one attached hydrogen (secondary N) is 1. The number of rotatable bonds is 9. The predicted molar refractivity (Wildman–Crippen MR) is 133 cm³/mol. The summed E-state index contributed by atoms with van der Waals surface area (Å²) in [5, 5.41) is 31.1. The van der Waals surface area contributed by atoms with Crippen LogP contribution in [0.3, 0.4) is 0 Å². The lowest BCUT2D eigenvalue weighted by molar-refractivity contribution is -0.140. The van der Waals surface area contributed by atoms with Gasteiger partial charge < -0.3 is 20.6 Å². The summed E-state index contributed by atoms with van der Waals surface area (Å²) in [6, 6.07) is 0.178. The molecule has 1 amide bonds. The van der Waals surface area contributed by atoms with Crippen LogP contribution < -0.4 is 5.32 Å². The number of carboxylic acid groups (broad SMARTS) is 3. The van der Waals surface area contributed by atoms with Crippen molar-refractivity contribution in [2.24, 2.45) is 0 Å². The number of amides is 1. The Morgan fingerprint density at radius 2 is 0.833 bits per heavy atom. The van der Waals surface area contributed by atoms with Crippen LogP contribution in [0.1, 0.15) is 44.9 Å². The highest BCUT2D eigenvalue weighted by atomic mass is 16.4. The predicted octanol–water partition coefficient (Wildman–Crippen LogP) is -0.309. The minimum Gasteiger partial charge on any atom is -0.480 e. The first-order chi connectivity index (χ1) is 17.2. The van der Waals surface area contributed by atoms with E-state index in [9.17, 15) is 34.5 Å². The van der Waals surface area contributed by atoms with Crippen molar-refractivity contribution < 1.29 is 34.5 Å². The zero-order valence-corrected chi connectivity index (χ0v) is 21.3. The largest absolute Gasteiger partial charge is 0.480 e. The lowest BCUT2D eigenvalue weighted by Gasteiger charge is -2.33. The third kappa shape index (κ3) is 13.1. The van der Waals surface area contributed by atoms with Crippen LogP contribution in [0.2, 0.25) is 0 Å². The van der Waals surface area contributed by atoms with Gasteiger partial charge in [0, 0.05) is 58.4 Å². The van der Waals surface area contributed by atoms with Gasteiger partial charge in [0.15, 0.2) is 0 Å². The van der Waals surface area contributed by atoms with Gasteiger partial charge in [0.05, 0.1) is 26.2 Å². The first-order valence-electron chi connectivity index (χ1n) is 13.1. The standard InChI is InChI=1S/C24H43N5O7/c30-21(25-20-6-4-2-1-3-5-7-20)16-26-8-10-27(17-22(31)32)12-14-29(19-24(35)36)15-13-28(11-9-26)18-23(33)34/h20H,1-19H2,(H,25,30)(H,31,32)(H,33,34)(H,35,36). The molecule has 0 aromatic carbocycles. The number of carbonyl (C=O) groups excluding carboxylic acids is 1. The second-order valence-electron chi connectivity index (χ2n) is 9.90. The number of nitrogens with zero attached hydrogens (tertiary/aromatic N) is 4. The molecule has 0 atom stereocenters. The molecule has 2 fully saturated rings. The van der Waals surface area contributed by atoms with Crippen LogP contribution in [-0.4, -0.2) is 143 Å². The summed E-state index contributed by atoms with van der Waals surface area (Å²) in [5.74, 6) is -2.98. The summed E-state index contributed by atoms with van der Waals surface area (Å²) >= 11 is 0. The fraction of sp³-hybridized carbons (Fsp3) is 0.833. The van der Waals surface area contributed by atoms with Crippen LogP contribution in [0.25, 0.3) is 0 Å². The van der Waals surface area contributed by atoms with E-state index in [0.717, 1.165) is 25.7 Å². The van der Waals surface area contributed by atoms with Crippen molar-refractivity contribution in [3.63, 3.8) is 0 Å². The van der Waals surface area contributed by atoms with Crippen LogP contribution in [0.5, 0.6) is 0 Å². The van der Waals surface area contributed by atoms with E-state index < -0.39 is 17.9 Å². The topological polar surface area (TPSA) is 154 Å². The maximum atomic E-state index is 12.9. The molecule has 0 aromatic rings. The zero-order valence-electron chi connectivity index (χ0n) is 21.3. The maximum absolute atomic E-state index is 12.9. The lowest BCUT2D eigenvalue weighted by Crippen LogP contribution is -2.50. The Labute approximate surface area is 213 Å². The Balaban J connectivity index is 2.06. The average Bonchev–Trinajstić information content (AvgIpc) is 2.76. The monoisotopic (exact) mass is 513 g/mol. The molecule has 206 valence electrons. The van der Waals surface area contributed by atoms with Gasteiger partial charge in [-0.3, -0.25) is 38.8 Å². The van der Waals surface area contributed by atoms with Crippen LogP contribution >= 0.6 is 0 Å². The second kappa shape index (κ2) is 16.5. The molecule has 4 N–H and O–H groups in total. The second-order valence-corrected chi connectivity index (χ2v) is 9.90. The van der Waals surface area contributed by atoms with Crippen molar-refractivity contribution >= 4 is 23.8 Å². The quantitative estimate of drug-likeness (QED) is 0.321. The Morgan fingerprint density at radius 3 is 1.17 bits per heavy atom. The van der Waals surface area contributed by atoms with Gasteiger partial charge in [-0.15, -0.1) is 0 Å². The van der Waals surface area contributed by atoms with Gasteiger partial charge in [0.1, 0.15) is 0 Å². The molecule has 36 heavy (non-hydrogen) atoms. The van der Waals surface area contributed by atoms with Crippen molar-refractivity contribution in [1.29, 1.82) is 0 Å². The van der Waals surface area contributed by atoms with Crippen molar-refractivity contribution in [1.82, 2.24) is 24.9 Å². The van der Waals surface area contributed by atoms with E-state index in [4.69, 9.17) is 0 Å². The summed E-state index contributed by atoms with van der Waals surface area (Å²) in [4.78, 5) is 54.1. The van der Waals surface area contributed by atoms with E-state index in [1.165, 1.54) is 19.3 Å². The average molecular weight is 514 g/mol. The molecule has 2 rings (SSSR count). The molecular formula is C24H43N5O7. The van der Waals surface area contributed by atoms with Crippen molar-refractivity contribution in [2.45, 2.75) is 51.0 Å². The van der Waals surface area contributed by atoms with Crippen LogP contribution in [-0.2, 0) is 19.2 Å². The summed E-state index contributed by atoms with van der Waals surface area (Å²) in [5.41, 5.74) is 0. The van der Waals surface area contributed by atoms with E-state index in [1.54, 1.807) is 14.7 Å². The fourth-order valence-electron chi connectivity index (χ4n) is 4.86. The molecule has 12 nitrogen and oxygen atoms in total. The van der Waals surface area contributed by atoms with Crippen LogP contribution in [0.4, 0.5) is 0 Å². The SMILES string of the molecule is O=C(O)CN1CCN(CC(=O)O)CCN(CC(=O)NC2CCCCCCC2)CCN(CC(=O)O)CC1. The fourth-order valence-corrected chi connectivity index (χ4v) is 4.86. The van der Waals surface area contributed by atoms with Gasteiger partial charge in [-0.2, -0.15) is 0 Å². The molecule has 12 heteroatoms. The van der Waals surface area contributed by atoms with Gasteiger partial charge in [-0.05, 0) is 12.8 Å². The van der Waals surface area contributed by atoms with Gasteiger partial charge in [0.2, 0.25) is 5.91 Å². The van der Waals surface area contributed by atoms with Gasteiger partial charge in [-0.25, -0.2) is 0 Å².